The fourth-order valence-electron chi connectivity index (χ4n) is 6.24. The second-order valence-corrected chi connectivity index (χ2v) is 11.7. The molecule has 226 valence electrons. The topological polar surface area (TPSA) is 130 Å². The Morgan fingerprint density at radius 3 is 2.77 bits per heavy atom. The number of aromatic amines is 2. The number of aromatic hydroxyl groups is 1. The minimum Gasteiger partial charge on any atom is -0.505 e. The van der Waals surface area contributed by atoms with Gasteiger partial charge in [-0.1, -0.05) is 13.0 Å². The fourth-order valence-corrected chi connectivity index (χ4v) is 6.24. The van der Waals surface area contributed by atoms with E-state index in [4.69, 9.17) is 4.98 Å². The van der Waals surface area contributed by atoms with E-state index in [1.54, 1.807) is 17.3 Å². The van der Waals surface area contributed by atoms with E-state index in [1.807, 2.05) is 25.1 Å². The zero-order valence-electron chi connectivity index (χ0n) is 24.9. The molecule has 0 bridgehead atoms. The summed E-state index contributed by atoms with van der Waals surface area (Å²) in [5.74, 6) is 0.254. The van der Waals surface area contributed by atoms with Crippen LogP contribution >= 0.6 is 0 Å². The summed E-state index contributed by atoms with van der Waals surface area (Å²) in [5.41, 5.74) is 5.97. The Labute approximate surface area is 253 Å². The van der Waals surface area contributed by atoms with Crippen LogP contribution in [0.5, 0.6) is 5.75 Å². The minimum absolute atomic E-state index is 0.165. The molecular formula is C32H34FN9O2. The SMILES string of the molecule is CCc1cc(O)c(F)cc1-c1ccc2c(-c3nc4c([nH]3)CCN(C(=O)c3cnc(N5CCC(N(C)C)C5)cn3)C4)n[nH]c2c1. The Balaban J connectivity index is 1.08. The number of fused-ring (bicyclic) bond motifs is 2. The molecule has 2 aromatic carbocycles. The number of amides is 1. The van der Waals surface area contributed by atoms with Gasteiger partial charge in [-0.05, 0) is 67.9 Å². The van der Waals surface area contributed by atoms with Crippen LogP contribution in [0.3, 0.4) is 0 Å². The van der Waals surface area contributed by atoms with Gasteiger partial charge in [-0.3, -0.25) is 9.89 Å². The van der Waals surface area contributed by atoms with Crippen molar-refractivity contribution in [2.75, 3.05) is 38.6 Å². The first kappa shape index (κ1) is 28.0. The number of benzene rings is 2. The first-order chi connectivity index (χ1) is 21.3. The molecule has 2 aliphatic heterocycles. The van der Waals surface area contributed by atoms with Crippen molar-refractivity contribution in [3.63, 3.8) is 0 Å². The highest BCUT2D eigenvalue weighted by molar-refractivity contribution is 5.94. The van der Waals surface area contributed by atoms with Gasteiger partial charge in [0.2, 0.25) is 0 Å². The highest BCUT2D eigenvalue weighted by Crippen LogP contribution is 2.34. The summed E-state index contributed by atoms with van der Waals surface area (Å²) >= 11 is 0. The third kappa shape index (κ3) is 4.94. The van der Waals surface area contributed by atoms with Crippen molar-refractivity contribution in [2.24, 2.45) is 0 Å². The van der Waals surface area contributed by atoms with E-state index in [-0.39, 0.29) is 11.7 Å². The van der Waals surface area contributed by atoms with Crippen molar-refractivity contribution < 1.29 is 14.3 Å². The van der Waals surface area contributed by atoms with E-state index in [1.165, 1.54) is 12.1 Å². The molecule has 0 saturated carbocycles. The average molecular weight is 596 g/mol. The van der Waals surface area contributed by atoms with Crippen molar-refractivity contribution in [1.29, 1.82) is 0 Å². The molecule has 12 heteroatoms. The van der Waals surface area contributed by atoms with Crippen molar-refractivity contribution in [2.45, 2.75) is 38.8 Å². The molecule has 1 saturated heterocycles. The minimum atomic E-state index is -0.652. The second-order valence-electron chi connectivity index (χ2n) is 11.7. The van der Waals surface area contributed by atoms with Gasteiger partial charge in [-0.15, -0.1) is 0 Å². The Hall–Kier alpha value is -4.84. The van der Waals surface area contributed by atoms with Crippen LogP contribution in [0.2, 0.25) is 0 Å². The summed E-state index contributed by atoms with van der Waals surface area (Å²) in [6.07, 6.45) is 5.64. The predicted octanol–water partition coefficient (Wildman–Crippen LogP) is 4.16. The van der Waals surface area contributed by atoms with Crippen LogP contribution in [0, 0.1) is 5.82 Å². The quantitative estimate of drug-likeness (QED) is 0.267. The van der Waals surface area contributed by atoms with Gasteiger partial charge in [0.05, 0.1) is 30.1 Å². The zero-order chi connectivity index (χ0) is 30.5. The van der Waals surface area contributed by atoms with E-state index >= 15 is 0 Å². The molecule has 2 aliphatic rings. The van der Waals surface area contributed by atoms with Crippen LogP contribution in [0.4, 0.5) is 10.2 Å². The molecule has 11 nitrogen and oxygen atoms in total. The fraction of sp³-hybridized carbons (Fsp3) is 0.344. The molecule has 1 fully saturated rings. The van der Waals surface area contributed by atoms with Crippen LogP contribution in [-0.2, 0) is 19.4 Å². The normalized spacial score (nSPS) is 16.7. The first-order valence-electron chi connectivity index (χ1n) is 14.9. The number of nitrogens with zero attached hydrogens (tertiary/aromatic N) is 7. The average Bonchev–Trinajstić information content (AvgIpc) is 3.79. The summed E-state index contributed by atoms with van der Waals surface area (Å²) in [4.78, 5) is 36.8. The lowest BCUT2D eigenvalue weighted by Gasteiger charge is -2.26. The maximum Gasteiger partial charge on any atom is 0.274 e. The Morgan fingerprint density at radius 2 is 2.02 bits per heavy atom. The van der Waals surface area contributed by atoms with Crippen molar-refractivity contribution in [3.05, 3.63) is 71.2 Å². The molecule has 3 aromatic heterocycles. The Bertz CT molecular complexity index is 1860. The number of phenolic OH excluding ortho intramolecular Hbond substituents is 1. The standard InChI is InChI=1S/C32H34FN9O2/c1-4-18-12-28(43)23(33)13-22(18)19-5-6-21-25(11-19)38-39-30(21)31-36-24-8-10-42(17-27(24)37-31)32(44)26-14-35-29(15-34-26)41-9-7-20(16-41)40(2)3/h5-6,11-15,20,43H,4,7-10,16-17H2,1-3H3,(H,36,37)(H,38,39). The molecular weight excluding hydrogens is 561 g/mol. The molecule has 3 N–H and O–H groups in total. The van der Waals surface area contributed by atoms with E-state index in [0.29, 0.717) is 49.2 Å². The number of hydrogen-bond donors (Lipinski definition) is 3. The van der Waals surface area contributed by atoms with E-state index in [2.05, 4.69) is 49.0 Å². The predicted molar refractivity (Wildman–Crippen MR) is 165 cm³/mol. The maximum absolute atomic E-state index is 14.2. The molecule has 0 spiro atoms. The number of anilines is 1. The van der Waals surface area contributed by atoms with Gasteiger partial charge >= 0.3 is 0 Å². The van der Waals surface area contributed by atoms with Gasteiger partial charge in [0.1, 0.15) is 17.2 Å². The lowest BCUT2D eigenvalue weighted by molar-refractivity contribution is 0.0725. The number of nitrogens with one attached hydrogen (secondary N) is 2. The van der Waals surface area contributed by atoms with Gasteiger partial charge < -0.3 is 24.8 Å². The van der Waals surface area contributed by atoms with Crippen molar-refractivity contribution in [3.8, 4) is 28.4 Å². The first-order valence-corrected chi connectivity index (χ1v) is 14.9. The zero-order valence-corrected chi connectivity index (χ0v) is 24.9. The number of carbonyl (C=O) groups excluding carboxylic acids is 1. The Morgan fingerprint density at radius 1 is 1.16 bits per heavy atom. The molecule has 1 unspecified atom stereocenters. The summed E-state index contributed by atoms with van der Waals surface area (Å²) in [6.45, 7) is 4.70. The third-order valence-electron chi connectivity index (χ3n) is 8.85. The van der Waals surface area contributed by atoms with E-state index < -0.39 is 5.82 Å². The number of rotatable bonds is 6. The highest BCUT2D eigenvalue weighted by atomic mass is 19.1. The molecule has 5 aromatic rings. The van der Waals surface area contributed by atoms with Crippen LogP contribution < -0.4 is 4.90 Å². The number of hydrogen-bond acceptors (Lipinski definition) is 8. The molecule has 0 aliphatic carbocycles. The lowest BCUT2D eigenvalue weighted by atomic mass is 9.96. The second kappa shape index (κ2) is 11.0. The number of H-pyrrole nitrogens is 2. The molecule has 1 amide bonds. The molecule has 7 rings (SSSR count). The van der Waals surface area contributed by atoms with Gasteiger partial charge in [-0.25, -0.2) is 19.3 Å². The summed E-state index contributed by atoms with van der Waals surface area (Å²) < 4.78 is 14.2. The van der Waals surface area contributed by atoms with E-state index in [9.17, 15) is 14.3 Å². The molecule has 5 heterocycles. The highest BCUT2D eigenvalue weighted by Gasteiger charge is 2.28. The lowest BCUT2D eigenvalue weighted by Crippen LogP contribution is -2.36. The third-order valence-corrected chi connectivity index (χ3v) is 8.85. The smallest absolute Gasteiger partial charge is 0.274 e. The number of carbonyl (C=O) groups is 1. The van der Waals surface area contributed by atoms with Crippen LogP contribution in [0.1, 0.15) is 40.8 Å². The number of aromatic nitrogens is 6. The van der Waals surface area contributed by atoms with Crippen LogP contribution in [-0.4, -0.2) is 90.7 Å². The van der Waals surface area contributed by atoms with E-state index in [0.717, 1.165) is 64.3 Å². The van der Waals surface area contributed by atoms with Crippen molar-refractivity contribution in [1.82, 2.24) is 39.9 Å². The van der Waals surface area contributed by atoms with Gasteiger partial charge in [0, 0.05) is 43.2 Å². The summed E-state index contributed by atoms with van der Waals surface area (Å²) in [6, 6.07) is 9.13. The number of halogens is 1. The molecule has 1 atom stereocenters. The van der Waals surface area contributed by atoms with Crippen molar-refractivity contribution >= 4 is 22.6 Å². The number of aryl methyl sites for hydroxylation is 1. The number of imidazole rings is 1. The van der Waals surface area contributed by atoms with Crippen LogP contribution in [0.25, 0.3) is 33.5 Å². The maximum atomic E-state index is 14.2. The largest absolute Gasteiger partial charge is 0.505 e. The summed E-state index contributed by atoms with van der Waals surface area (Å²) in [5, 5.41) is 18.3. The Kier molecular flexibility index (Phi) is 7.00. The summed E-state index contributed by atoms with van der Waals surface area (Å²) in [7, 11) is 4.18. The monoisotopic (exact) mass is 595 g/mol. The molecule has 0 radical (unpaired) electrons. The number of phenols is 1. The van der Waals surface area contributed by atoms with Gasteiger partial charge in [-0.2, -0.15) is 5.10 Å². The number of likely N-dealkylation sites (N-methyl/N-ethyl adjacent to an activating group) is 1. The van der Waals surface area contributed by atoms with Gasteiger partial charge in [0.15, 0.2) is 17.4 Å². The van der Waals surface area contributed by atoms with Gasteiger partial charge in [0.25, 0.3) is 5.91 Å². The molecule has 44 heavy (non-hydrogen) atoms. The van der Waals surface area contributed by atoms with Crippen LogP contribution in [0.15, 0.2) is 42.7 Å².